The Morgan fingerprint density at radius 2 is 2.00 bits per heavy atom. The molecule has 0 aliphatic carbocycles. The van der Waals surface area contributed by atoms with Crippen LogP contribution in [0.15, 0.2) is 33.5 Å². The lowest BCUT2D eigenvalue weighted by atomic mass is 10.1. The lowest BCUT2D eigenvalue weighted by Gasteiger charge is -2.05. The van der Waals surface area contributed by atoms with Gasteiger partial charge < -0.3 is 9.72 Å². The van der Waals surface area contributed by atoms with Crippen LogP contribution in [0, 0.1) is 6.92 Å². The van der Waals surface area contributed by atoms with Gasteiger partial charge in [0, 0.05) is 6.42 Å². The zero-order valence-electron chi connectivity index (χ0n) is 10.2. The van der Waals surface area contributed by atoms with Crippen molar-refractivity contribution in [3.8, 4) is 5.75 Å². The highest BCUT2D eigenvalue weighted by Gasteiger charge is 2.05. The molecule has 1 aromatic heterocycles. The molecule has 18 heavy (non-hydrogen) atoms. The molecule has 0 bridgehead atoms. The molecule has 2 rings (SSSR count). The highest BCUT2D eigenvalue weighted by Crippen LogP contribution is 2.14. The van der Waals surface area contributed by atoms with Gasteiger partial charge in [-0.05, 0) is 40.5 Å². The molecule has 5 heteroatoms. The first-order valence-corrected chi connectivity index (χ1v) is 6.27. The lowest BCUT2D eigenvalue weighted by molar-refractivity contribution is 0.414. The summed E-state index contributed by atoms with van der Waals surface area (Å²) in [5.74, 6) is 1.47. The third kappa shape index (κ3) is 2.79. The van der Waals surface area contributed by atoms with Gasteiger partial charge in [-0.3, -0.25) is 4.79 Å². The summed E-state index contributed by atoms with van der Waals surface area (Å²) >= 11 is 3.19. The Morgan fingerprint density at radius 1 is 1.33 bits per heavy atom. The van der Waals surface area contributed by atoms with Crippen LogP contribution in [0.5, 0.6) is 5.75 Å². The number of nitrogens with one attached hydrogen (secondary N) is 1. The monoisotopic (exact) mass is 308 g/mol. The molecule has 1 aromatic carbocycles. The second-order valence-electron chi connectivity index (χ2n) is 3.94. The Kier molecular flexibility index (Phi) is 3.81. The van der Waals surface area contributed by atoms with Gasteiger partial charge in [0.2, 0.25) is 0 Å². The highest BCUT2D eigenvalue weighted by atomic mass is 79.9. The number of aromatic nitrogens is 2. The zero-order valence-corrected chi connectivity index (χ0v) is 11.7. The number of nitrogens with zero attached hydrogens (tertiary/aromatic N) is 1. The minimum atomic E-state index is -0.147. The van der Waals surface area contributed by atoms with Gasteiger partial charge in [-0.1, -0.05) is 12.1 Å². The fourth-order valence-corrected chi connectivity index (χ4v) is 1.84. The number of methoxy groups -OCH3 is 1. The van der Waals surface area contributed by atoms with E-state index < -0.39 is 0 Å². The molecule has 94 valence electrons. The number of aromatic amines is 1. The van der Waals surface area contributed by atoms with Crippen molar-refractivity contribution in [2.75, 3.05) is 7.11 Å². The minimum Gasteiger partial charge on any atom is -0.497 e. The standard InChI is InChI=1S/C13H13BrN2O2/c1-8-12(14)13(17)16-11(15-8)7-9-3-5-10(18-2)6-4-9/h3-6H,7H2,1-2H3,(H,15,16,17). The van der Waals surface area contributed by atoms with Crippen molar-refractivity contribution in [2.24, 2.45) is 0 Å². The summed E-state index contributed by atoms with van der Waals surface area (Å²) in [5.41, 5.74) is 1.62. The SMILES string of the molecule is COc1ccc(Cc2nc(C)c(Br)c(=O)[nH]2)cc1. The van der Waals surface area contributed by atoms with Gasteiger partial charge in [0.25, 0.3) is 5.56 Å². The predicted molar refractivity (Wildman–Crippen MR) is 73.1 cm³/mol. The third-order valence-electron chi connectivity index (χ3n) is 2.61. The largest absolute Gasteiger partial charge is 0.497 e. The molecule has 2 aromatic rings. The summed E-state index contributed by atoms with van der Waals surface area (Å²) in [6.45, 7) is 1.80. The second-order valence-corrected chi connectivity index (χ2v) is 4.73. The molecule has 0 aliphatic heterocycles. The van der Waals surface area contributed by atoms with E-state index in [0.29, 0.717) is 22.4 Å². The smallest absolute Gasteiger partial charge is 0.265 e. The topological polar surface area (TPSA) is 55.0 Å². The number of benzene rings is 1. The van der Waals surface area contributed by atoms with Crippen LogP contribution < -0.4 is 10.3 Å². The molecule has 0 unspecified atom stereocenters. The van der Waals surface area contributed by atoms with Gasteiger partial charge >= 0.3 is 0 Å². The molecule has 4 nitrogen and oxygen atoms in total. The minimum absolute atomic E-state index is 0.147. The lowest BCUT2D eigenvalue weighted by Crippen LogP contribution is -2.14. The van der Waals surface area contributed by atoms with E-state index in [-0.39, 0.29) is 5.56 Å². The van der Waals surface area contributed by atoms with Crippen LogP contribution in [-0.4, -0.2) is 17.1 Å². The Bertz CT molecular complexity index is 605. The van der Waals surface area contributed by atoms with E-state index in [1.165, 1.54) is 0 Å². The molecule has 0 amide bonds. The fraction of sp³-hybridized carbons (Fsp3) is 0.231. The molecule has 1 heterocycles. The quantitative estimate of drug-likeness (QED) is 0.947. The Morgan fingerprint density at radius 3 is 2.56 bits per heavy atom. The van der Waals surface area contributed by atoms with Crippen LogP contribution in [-0.2, 0) is 6.42 Å². The van der Waals surface area contributed by atoms with E-state index in [9.17, 15) is 4.79 Å². The number of halogens is 1. The number of rotatable bonds is 3. The number of hydrogen-bond acceptors (Lipinski definition) is 3. The van der Waals surface area contributed by atoms with E-state index in [2.05, 4.69) is 25.9 Å². The molecule has 0 saturated carbocycles. The number of ether oxygens (including phenoxy) is 1. The molecule has 0 aliphatic rings. The van der Waals surface area contributed by atoms with Crippen molar-refractivity contribution in [3.63, 3.8) is 0 Å². The van der Waals surface area contributed by atoms with Crippen LogP contribution in [0.2, 0.25) is 0 Å². The summed E-state index contributed by atoms with van der Waals surface area (Å²) in [5, 5.41) is 0. The Balaban J connectivity index is 2.25. The summed E-state index contributed by atoms with van der Waals surface area (Å²) in [6, 6.07) is 7.69. The number of hydrogen-bond donors (Lipinski definition) is 1. The molecule has 0 fully saturated rings. The first kappa shape index (κ1) is 12.8. The van der Waals surface area contributed by atoms with Gasteiger partial charge in [0.1, 0.15) is 16.0 Å². The molecule has 0 atom stereocenters. The van der Waals surface area contributed by atoms with E-state index >= 15 is 0 Å². The Labute approximate surface area is 113 Å². The summed E-state index contributed by atoms with van der Waals surface area (Å²) in [4.78, 5) is 18.7. The average molecular weight is 309 g/mol. The molecule has 0 spiro atoms. The maximum atomic E-state index is 11.6. The molecule has 1 N–H and O–H groups in total. The van der Waals surface area contributed by atoms with Crippen molar-refractivity contribution in [1.82, 2.24) is 9.97 Å². The summed E-state index contributed by atoms with van der Waals surface area (Å²) < 4.78 is 5.58. The van der Waals surface area contributed by atoms with Gasteiger partial charge in [-0.25, -0.2) is 4.98 Å². The average Bonchev–Trinajstić information content (AvgIpc) is 2.37. The highest BCUT2D eigenvalue weighted by molar-refractivity contribution is 9.10. The third-order valence-corrected chi connectivity index (χ3v) is 3.54. The number of H-pyrrole nitrogens is 1. The summed E-state index contributed by atoms with van der Waals surface area (Å²) in [6.07, 6.45) is 0.591. The zero-order chi connectivity index (χ0) is 13.1. The first-order valence-electron chi connectivity index (χ1n) is 5.48. The van der Waals surface area contributed by atoms with Crippen molar-refractivity contribution in [3.05, 3.63) is 56.2 Å². The van der Waals surface area contributed by atoms with Crippen molar-refractivity contribution >= 4 is 15.9 Å². The molecule has 0 radical (unpaired) electrons. The molecule has 0 saturated heterocycles. The van der Waals surface area contributed by atoms with E-state index in [1.54, 1.807) is 14.0 Å². The maximum absolute atomic E-state index is 11.6. The van der Waals surface area contributed by atoms with Gasteiger partial charge in [0.15, 0.2) is 0 Å². The Hall–Kier alpha value is -1.62. The summed E-state index contributed by atoms with van der Waals surface area (Å²) in [7, 11) is 1.63. The van der Waals surface area contributed by atoms with E-state index in [0.717, 1.165) is 11.3 Å². The molecular weight excluding hydrogens is 296 g/mol. The van der Waals surface area contributed by atoms with E-state index in [1.807, 2.05) is 24.3 Å². The van der Waals surface area contributed by atoms with Crippen LogP contribution in [0.25, 0.3) is 0 Å². The predicted octanol–water partition coefficient (Wildman–Crippen LogP) is 2.44. The molecular formula is C13H13BrN2O2. The van der Waals surface area contributed by atoms with Gasteiger partial charge in [-0.15, -0.1) is 0 Å². The van der Waals surface area contributed by atoms with Crippen LogP contribution in [0.1, 0.15) is 17.1 Å². The maximum Gasteiger partial charge on any atom is 0.265 e. The fourth-order valence-electron chi connectivity index (χ4n) is 1.65. The normalized spacial score (nSPS) is 10.4. The van der Waals surface area contributed by atoms with Crippen LogP contribution in [0.3, 0.4) is 0 Å². The second kappa shape index (κ2) is 5.35. The van der Waals surface area contributed by atoms with Crippen molar-refractivity contribution in [1.29, 1.82) is 0 Å². The number of aryl methyl sites for hydroxylation is 1. The van der Waals surface area contributed by atoms with Crippen LogP contribution in [0.4, 0.5) is 0 Å². The van der Waals surface area contributed by atoms with Crippen molar-refractivity contribution < 1.29 is 4.74 Å². The first-order chi connectivity index (χ1) is 8.60. The van der Waals surface area contributed by atoms with Crippen molar-refractivity contribution in [2.45, 2.75) is 13.3 Å². The van der Waals surface area contributed by atoms with Gasteiger partial charge in [0.05, 0.1) is 12.8 Å². The van der Waals surface area contributed by atoms with Crippen LogP contribution >= 0.6 is 15.9 Å². The van der Waals surface area contributed by atoms with Gasteiger partial charge in [-0.2, -0.15) is 0 Å². The van der Waals surface area contributed by atoms with E-state index in [4.69, 9.17) is 4.74 Å².